The van der Waals surface area contributed by atoms with E-state index in [0.717, 1.165) is 0 Å². The fourth-order valence-electron chi connectivity index (χ4n) is 6.56. The number of thioether (sulfide) groups is 1. The molecule has 5 aliphatic rings. The summed E-state index contributed by atoms with van der Waals surface area (Å²) in [6.07, 6.45) is 12.5. The van der Waals surface area contributed by atoms with Crippen molar-refractivity contribution in [2.24, 2.45) is 10.9 Å². The SMILES string of the molecule is C1=CC2C3=C(C=CC2N=C1)C1CC2Sc4ccccc4C2NB1c1sc2ccccc2c13. The number of aliphatic imine (C=N–C) groups is 1. The monoisotopic (exact) mass is 448 g/mol. The predicted octanol–water partition coefficient (Wildman–Crippen LogP) is 5.64. The van der Waals surface area contributed by atoms with Gasteiger partial charge in [-0.3, -0.25) is 4.99 Å². The number of benzene rings is 2. The minimum Gasteiger partial charge on any atom is -0.344 e. The minimum atomic E-state index is 0.233. The van der Waals surface area contributed by atoms with Gasteiger partial charge in [0.25, 0.3) is 6.85 Å². The van der Waals surface area contributed by atoms with Gasteiger partial charge >= 0.3 is 0 Å². The number of nitrogens with zero attached hydrogens (tertiary/aromatic N) is 1. The summed E-state index contributed by atoms with van der Waals surface area (Å²) in [5.74, 6) is 0.869. The molecule has 0 spiro atoms. The van der Waals surface area contributed by atoms with Crippen LogP contribution in [0.15, 0.2) is 88.3 Å². The number of thiophene rings is 1. The van der Waals surface area contributed by atoms with Crippen LogP contribution in [0.1, 0.15) is 23.6 Å². The molecular weight excluding hydrogens is 427 g/mol. The maximum Gasteiger partial charge on any atom is 0.275 e. The van der Waals surface area contributed by atoms with Crippen LogP contribution in [0.4, 0.5) is 0 Å². The smallest absolute Gasteiger partial charge is 0.275 e. The highest BCUT2D eigenvalue weighted by Gasteiger charge is 2.51. The molecule has 0 radical (unpaired) electrons. The number of fused-ring (bicyclic) bond motifs is 12. The Hall–Kier alpha value is -2.34. The number of allylic oxidation sites excluding steroid dienone is 3. The second-order valence-electron chi connectivity index (χ2n) is 9.42. The number of rotatable bonds is 0. The van der Waals surface area contributed by atoms with Gasteiger partial charge in [0, 0.05) is 33.0 Å². The fraction of sp³-hybridized carbons (Fsp3) is 0.222. The van der Waals surface area contributed by atoms with Crippen LogP contribution in [0, 0.1) is 5.92 Å². The summed E-state index contributed by atoms with van der Waals surface area (Å²) in [6.45, 7) is 0.381. The Kier molecular flexibility index (Phi) is 3.74. The zero-order valence-corrected chi connectivity index (χ0v) is 19.1. The highest BCUT2D eigenvalue weighted by Crippen LogP contribution is 2.56. The van der Waals surface area contributed by atoms with Crippen LogP contribution >= 0.6 is 23.1 Å². The Bertz CT molecular complexity index is 1410. The van der Waals surface area contributed by atoms with E-state index in [1.165, 1.54) is 32.5 Å². The van der Waals surface area contributed by atoms with Crippen LogP contribution in [0.5, 0.6) is 0 Å². The molecule has 0 saturated carbocycles. The van der Waals surface area contributed by atoms with Gasteiger partial charge in [-0.1, -0.05) is 54.6 Å². The van der Waals surface area contributed by atoms with Gasteiger partial charge in [0.1, 0.15) is 0 Å². The van der Waals surface area contributed by atoms with Crippen LogP contribution in [0.3, 0.4) is 0 Å². The number of nitrogens with one attached hydrogen (secondary N) is 1. The molecule has 1 saturated heterocycles. The van der Waals surface area contributed by atoms with Crippen molar-refractivity contribution in [1.29, 1.82) is 0 Å². The van der Waals surface area contributed by atoms with E-state index in [9.17, 15) is 0 Å². The molecule has 3 aromatic rings. The van der Waals surface area contributed by atoms with Crippen LogP contribution in [-0.4, -0.2) is 24.4 Å². The molecule has 8 rings (SSSR count). The molecule has 1 aromatic heterocycles. The third-order valence-electron chi connectivity index (χ3n) is 7.87. The van der Waals surface area contributed by atoms with Crippen molar-refractivity contribution >= 4 is 56.6 Å². The molecule has 5 heteroatoms. The van der Waals surface area contributed by atoms with E-state index in [2.05, 4.69) is 89.8 Å². The lowest BCUT2D eigenvalue weighted by atomic mass is 9.40. The first kappa shape index (κ1) is 18.1. The summed E-state index contributed by atoms with van der Waals surface area (Å²) in [6, 6.07) is 18.7. The fourth-order valence-corrected chi connectivity index (χ4v) is 9.38. The van der Waals surface area contributed by atoms with Gasteiger partial charge in [0.15, 0.2) is 0 Å². The largest absolute Gasteiger partial charge is 0.344 e. The van der Waals surface area contributed by atoms with Crippen LogP contribution < -0.4 is 10.0 Å². The zero-order chi connectivity index (χ0) is 20.8. The summed E-state index contributed by atoms with van der Waals surface area (Å²) in [4.78, 5) is 6.28. The second-order valence-corrected chi connectivity index (χ2v) is 11.8. The first-order chi connectivity index (χ1) is 15.9. The Morgan fingerprint density at radius 2 is 1.94 bits per heavy atom. The maximum absolute atomic E-state index is 4.82. The molecule has 0 bridgehead atoms. The number of hydrogen-bond acceptors (Lipinski definition) is 4. The Morgan fingerprint density at radius 1 is 1.03 bits per heavy atom. The van der Waals surface area contributed by atoms with E-state index >= 15 is 0 Å². The van der Waals surface area contributed by atoms with Crippen molar-refractivity contribution < 1.29 is 0 Å². The molecule has 32 heavy (non-hydrogen) atoms. The second kappa shape index (κ2) is 6.60. The normalized spacial score (nSPS) is 31.1. The third kappa shape index (κ3) is 2.34. The molecule has 1 aliphatic carbocycles. The highest BCUT2D eigenvalue weighted by molar-refractivity contribution is 8.00. The Balaban J connectivity index is 1.35. The van der Waals surface area contributed by atoms with E-state index in [0.29, 0.717) is 29.9 Å². The lowest BCUT2D eigenvalue weighted by Crippen LogP contribution is -2.57. The standard InChI is InChI=1S/C27H21BN2S2/c1-3-9-21-17(6-1)25-24-15(11-12-20-16(24)8-5-13-29-20)19-14-23-26(30-28(19)27(25)32-21)18-7-2-4-10-22(18)31-23/h1-13,16,19-20,23,26,30H,14H2. The van der Waals surface area contributed by atoms with Crippen molar-refractivity contribution in [3.8, 4) is 0 Å². The third-order valence-corrected chi connectivity index (χ3v) is 10.5. The van der Waals surface area contributed by atoms with Crippen molar-refractivity contribution in [2.45, 2.75) is 34.5 Å². The van der Waals surface area contributed by atoms with Gasteiger partial charge in [0.05, 0.1) is 6.04 Å². The first-order valence-corrected chi connectivity index (χ1v) is 13.2. The molecule has 4 aliphatic heterocycles. The summed E-state index contributed by atoms with van der Waals surface area (Å²) in [7, 11) is 0. The van der Waals surface area contributed by atoms with Gasteiger partial charge < -0.3 is 5.23 Å². The summed E-state index contributed by atoms with van der Waals surface area (Å²) < 4.78 is 2.95. The Labute approximate surface area is 196 Å². The zero-order valence-electron chi connectivity index (χ0n) is 17.4. The molecule has 0 amide bonds. The van der Waals surface area contributed by atoms with Gasteiger partial charge in [0.2, 0.25) is 0 Å². The van der Waals surface area contributed by atoms with E-state index in [1.807, 2.05) is 17.6 Å². The lowest BCUT2D eigenvalue weighted by Gasteiger charge is -2.44. The Morgan fingerprint density at radius 3 is 2.94 bits per heavy atom. The van der Waals surface area contributed by atoms with Gasteiger partial charge in [-0.15, -0.1) is 23.1 Å². The first-order valence-electron chi connectivity index (χ1n) is 11.5. The average Bonchev–Trinajstić information content (AvgIpc) is 3.41. The van der Waals surface area contributed by atoms with Crippen LogP contribution in [0.25, 0.3) is 15.7 Å². The molecule has 154 valence electrons. The molecule has 1 N–H and O–H groups in total. The molecule has 5 atom stereocenters. The van der Waals surface area contributed by atoms with Gasteiger partial charge in [-0.25, -0.2) is 0 Å². The highest BCUT2D eigenvalue weighted by atomic mass is 32.2. The van der Waals surface area contributed by atoms with E-state index in [1.54, 1.807) is 15.9 Å². The van der Waals surface area contributed by atoms with Crippen molar-refractivity contribution in [3.05, 3.63) is 89.5 Å². The molecule has 2 aromatic carbocycles. The lowest BCUT2D eigenvalue weighted by molar-refractivity contribution is 0.545. The quantitative estimate of drug-likeness (QED) is 0.450. The van der Waals surface area contributed by atoms with Gasteiger partial charge in [-0.05, 0) is 62.9 Å². The molecular formula is C27H21BN2S2. The van der Waals surface area contributed by atoms with E-state index in [-0.39, 0.29) is 6.04 Å². The van der Waals surface area contributed by atoms with Crippen LogP contribution in [-0.2, 0) is 0 Å². The number of hydrogen-bond donors (Lipinski definition) is 1. The predicted molar refractivity (Wildman–Crippen MR) is 139 cm³/mol. The van der Waals surface area contributed by atoms with Crippen molar-refractivity contribution in [2.75, 3.05) is 0 Å². The average molecular weight is 448 g/mol. The number of dihydropyridines is 1. The molecule has 5 heterocycles. The molecule has 5 unspecified atom stereocenters. The van der Waals surface area contributed by atoms with E-state index in [4.69, 9.17) is 4.99 Å². The minimum absolute atomic E-state index is 0.233. The summed E-state index contributed by atoms with van der Waals surface area (Å²) >= 11 is 4.09. The van der Waals surface area contributed by atoms with E-state index < -0.39 is 0 Å². The molecule has 2 nitrogen and oxygen atoms in total. The van der Waals surface area contributed by atoms with Crippen LogP contribution in [0.2, 0.25) is 5.82 Å². The molecule has 1 fully saturated rings. The van der Waals surface area contributed by atoms with Crippen molar-refractivity contribution in [3.63, 3.8) is 0 Å². The maximum atomic E-state index is 4.82. The van der Waals surface area contributed by atoms with Crippen molar-refractivity contribution in [1.82, 2.24) is 5.23 Å². The van der Waals surface area contributed by atoms with Gasteiger partial charge in [-0.2, -0.15) is 0 Å². The summed E-state index contributed by atoms with van der Waals surface area (Å²) in [5.41, 5.74) is 6.08. The topological polar surface area (TPSA) is 24.4 Å². The summed E-state index contributed by atoms with van der Waals surface area (Å²) in [5, 5.41) is 6.19.